The zero-order valence-corrected chi connectivity index (χ0v) is 17.3. The van der Waals surface area contributed by atoms with E-state index in [2.05, 4.69) is 10.4 Å². The predicted molar refractivity (Wildman–Crippen MR) is 116 cm³/mol. The van der Waals surface area contributed by atoms with Crippen molar-refractivity contribution in [2.24, 2.45) is 0 Å². The predicted octanol–water partition coefficient (Wildman–Crippen LogP) is 3.23. The van der Waals surface area contributed by atoms with Gasteiger partial charge in [-0.15, -0.1) is 0 Å². The molecule has 1 aromatic heterocycles. The number of amides is 2. The van der Waals surface area contributed by atoms with Gasteiger partial charge < -0.3 is 10.2 Å². The highest BCUT2D eigenvalue weighted by Crippen LogP contribution is 2.24. The van der Waals surface area contributed by atoms with Gasteiger partial charge in [-0.1, -0.05) is 29.8 Å². The van der Waals surface area contributed by atoms with E-state index in [1.165, 1.54) is 0 Å². The molecule has 0 aliphatic carbocycles. The maximum Gasteiger partial charge on any atom is 0.275 e. The second kappa shape index (κ2) is 8.28. The van der Waals surface area contributed by atoms with Crippen LogP contribution >= 0.6 is 11.6 Å². The highest BCUT2D eigenvalue weighted by atomic mass is 35.5. The molecule has 0 atom stereocenters. The Labute approximate surface area is 178 Å². The Morgan fingerprint density at radius 3 is 2.53 bits per heavy atom. The van der Waals surface area contributed by atoms with Gasteiger partial charge in [0.15, 0.2) is 0 Å². The minimum absolute atomic E-state index is 0.142. The molecular weight excluding hydrogens is 404 g/mol. The molecule has 1 saturated heterocycles. The standard InChI is InChI=1S/C22H21ClN4O3/c1-14-16-6-2-3-7-17(16)22(30)27(25-14)13-20(28)24-19-12-15(23)8-9-18(19)21(29)26-10-4-5-11-26/h2-3,6-9,12H,4-5,10-11,13H2,1H3,(H,24,28). The second-order valence-corrected chi connectivity index (χ2v) is 7.77. The fraction of sp³-hybridized carbons (Fsp3) is 0.273. The van der Waals surface area contributed by atoms with Crippen LogP contribution in [-0.4, -0.2) is 39.6 Å². The lowest BCUT2D eigenvalue weighted by Crippen LogP contribution is -2.32. The summed E-state index contributed by atoms with van der Waals surface area (Å²) in [5.74, 6) is -0.603. The van der Waals surface area contributed by atoms with Gasteiger partial charge in [0.2, 0.25) is 5.91 Å². The van der Waals surface area contributed by atoms with Crippen LogP contribution in [0.2, 0.25) is 5.02 Å². The van der Waals surface area contributed by atoms with Crippen molar-refractivity contribution < 1.29 is 9.59 Å². The number of hydrogen-bond donors (Lipinski definition) is 1. The highest BCUT2D eigenvalue weighted by Gasteiger charge is 2.23. The Kier molecular flexibility index (Phi) is 5.55. The van der Waals surface area contributed by atoms with Crippen LogP contribution in [0.5, 0.6) is 0 Å². The van der Waals surface area contributed by atoms with Crippen LogP contribution in [0.4, 0.5) is 5.69 Å². The lowest BCUT2D eigenvalue weighted by Gasteiger charge is -2.18. The number of rotatable bonds is 4. The summed E-state index contributed by atoms with van der Waals surface area (Å²) in [5, 5.41) is 8.66. The summed E-state index contributed by atoms with van der Waals surface area (Å²) in [6, 6.07) is 11.9. The molecule has 0 saturated carbocycles. The van der Waals surface area contributed by atoms with E-state index in [1.807, 2.05) is 12.1 Å². The van der Waals surface area contributed by atoms with Gasteiger partial charge in [0.05, 0.1) is 22.3 Å². The largest absolute Gasteiger partial charge is 0.339 e. The molecule has 0 radical (unpaired) electrons. The molecule has 2 heterocycles. The van der Waals surface area contributed by atoms with E-state index in [9.17, 15) is 14.4 Å². The van der Waals surface area contributed by atoms with Crippen molar-refractivity contribution in [2.45, 2.75) is 26.3 Å². The monoisotopic (exact) mass is 424 g/mol. The van der Waals surface area contributed by atoms with Gasteiger partial charge in [-0.25, -0.2) is 4.68 Å². The Hall–Kier alpha value is -3.19. The summed E-state index contributed by atoms with van der Waals surface area (Å²) in [7, 11) is 0. The van der Waals surface area contributed by atoms with Crippen molar-refractivity contribution in [3.05, 3.63) is 69.1 Å². The minimum atomic E-state index is -0.461. The lowest BCUT2D eigenvalue weighted by molar-refractivity contribution is -0.117. The molecular formula is C22H21ClN4O3. The first-order valence-corrected chi connectivity index (χ1v) is 10.2. The highest BCUT2D eigenvalue weighted by molar-refractivity contribution is 6.31. The average Bonchev–Trinajstić information content (AvgIpc) is 3.26. The summed E-state index contributed by atoms with van der Waals surface area (Å²) >= 11 is 6.09. The van der Waals surface area contributed by atoms with E-state index in [4.69, 9.17) is 11.6 Å². The van der Waals surface area contributed by atoms with Crippen LogP contribution in [0.25, 0.3) is 10.8 Å². The van der Waals surface area contributed by atoms with E-state index in [0.29, 0.717) is 40.4 Å². The molecule has 2 aromatic carbocycles. The third-order valence-electron chi connectivity index (χ3n) is 5.23. The maximum absolute atomic E-state index is 12.8. The first-order chi connectivity index (χ1) is 14.4. The number of benzene rings is 2. The Morgan fingerprint density at radius 2 is 1.80 bits per heavy atom. The van der Waals surface area contributed by atoms with Crippen molar-refractivity contribution in [2.75, 3.05) is 18.4 Å². The third-order valence-corrected chi connectivity index (χ3v) is 5.46. The van der Waals surface area contributed by atoms with Crippen LogP contribution in [0.3, 0.4) is 0 Å². The van der Waals surface area contributed by atoms with Gasteiger partial charge in [-0.2, -0.15) is 5.10 Å². The number of nitrogens with one attached hydrogen (secondary N) is 1. The molecule has 1 aliphatic heterocycles. The van der Waals surface area contributed by atoms with Gasteiger partial charge in [-0.3, -0.25) is 14.4 Å². The molecule has 1 N–H and O–H groups in total. The van der Waals surface area contributed by atoms with Crippen LogP contribution in [0.1, 0.15) is 28.9 Å². The molecule has 154 valence electrons. The number of carbonyl (C=O) groups is 2. The number of nitrogens with zero attached hydrogens (tertiary/aromatic N) is 3. The first-order valence-electron chi connectivity index (χ1n) is 9.79. The molecule has 8 heteroatoms. The first kappa shape index (κ1) is 20.1. The molecule has 1 fully saturated rings. The van der Waals surface area contributed by atoms with Gasteiger partial charge in [0.1, 0.15) is 6.54 Å². The van der Waals surface area contributed by atoms with Crippen LogP contribution in [-0.2, 0) is 11.3 Å². The molecule has 30 heavy (non-hydrogen) atoms. The molecule has 7 nitrogen and oxygen atoms in total. The minimum Gasteiger partial charge on any atom is -0.339 e. The Bertz CT molecular complexity index is 1200. The zero-order valence-electron chi connectivity index (χ0n) is 16.5. The molecule has 1 aliphatic rings. The number of aryl methyl sites for hydroxylation is 1. The maximum atomic E-state index is 12.8. The van der Waals surface area contributed by atoms with E-state index in [0.717, 1.165) is 22.9 Å². The Balaban J connectivity index is 1.60. The SMILES string of the molecule is Cc1nn(CC(=O)Nc2cc(Cl)ccc2C(=O)N2CCCC2)c(=O)c2ccccc12. The van der Waals surface area contributed by atoms with E-state index in [1.54, 1.807) is 42.2 Å². The number of carbonyl (C=O) groups excluding carboxylic acids is 2. The van der Waals surface area contributed by atoms with Crippen LogP contribution in [0.15, 0.2) is 47.3 Å². The van der Waals surface area contributed by atoms with E-state index >= 15 is 0 Å². The summed E-state index contributed by atoms with van der Waals surface area (Å²) in [6.07, 6.45) is 1.94. The number of hydrogen-bond acceptors (Lipinski definition) is 4. The van der Waals surface area contributed by atoms with Crippen molar-refractivity contribution >= 4 is 39.9 Å². The molecule has 3 aromatic rings. The number of likely N-dealkylation sites (tertiary alicyclic amines) is 1. The third kappa shape index (κ3) is 3.93. The fourth-order valence-electron chi connectivity index (χ4n) is 3.73. The van der Waals surface area contributed by atoms with E-state index in [-0.39, 0.29) is 18.0 Å². The summed E-state index contributed by atoms with van der Waals surface area (Å²) in [6.45, 7) is 2.92. The van der Waals surface area contributed by atoms with Crippen molar-refractivity contribution in [3.63, 3.8) is 0 Å². The molecule has 4 rings (SSSR count). The Morgan fingerprint density at radius 1 is 1.10 bits per heavy atom. The number of halogens is 1. The summed E-state index contributed by atoms with van der Waals surface area (Å²) in [5.41, 5.74) is 1.02. The van der Waals surface area contributed by atoms with Gasteiger partial charge in [0.25, 0.3) is 11.5 Å². The van der Waals surface area contributed by atoms with Crippen molar-refractivity contribution in [1.29, 1.82) is 0 Å². The molecule has 2 amide bonds. The molecule has 0 spiro atoms. The second-order valence-electron chi connectivity index (χ2n) is 7.33. The van der Waals surface area contributed by atoms with E-state index < -0.39 is 5.91 Å². The number of anilines is 1. The topological polar surface area (TPSA) is 84.3 Å². The molecule has 0 bridgehead atoms. The van der Waals surface area contributed by atoms with Gasteiger partial charge >= 0.3 is 0 Å². The summed E-state index contributed by atoms with van der Waals surface area (Å²) < 4.78 is 1.14. The quantitative estimate of drug-likeness (QED) is 0.696. The number of aromatic nitrogens is 2. The smallest absolute Gasteiger partial charge is 0.275 e. The van der Waals surface area contributed by atoms with Gasteiger partial charge in [-0.05, 0) is 44.0 Å². The van der Waals surface area contributed by atoms with Crippen molar-refractivity contribution in [3.8, 4) is 0 Å². The average molecular weight is 425 g/mol. The van der Waals surface area contributed by atoms with Crippen LogP contribution in [0, 0.1) is 6.92 Å². The summed E-state index contributed by atoms with van der Waals surface area (Å²) in [4.78, 5) is 40.0. The normalized spacial score (nSPS) is 13.6. The fourth-order valence-corrected chi connectivity index (χ4v) is 3.91. The number of fused-ring (bicyclic) bond motifs is 1. The molecule has 0 unspecified atom stereocenters. The zero-order chi connectivity index (χ0) is 21.3. The van der Waals surface area contributed by atoms with Crippen LogP contribution < -0.4 is 10.9 Å². The lowest BCUT2D eigenvalue weighted by atomic mass is 10.1. The van der Waals surface area contributed by atoms with Crippen molar-refractivity contribution in [1.82, 2.24) is 14.7 Å². The van der Waals surface area contributed by atoms with Gasteiger partial charge in [0, 0.05) is 23.5 Å².